The van der Waals surface area contributed by atoms with Crippen molar-refractivity contribution >= 4 is 0 Å². The van der Waals surface area contributed by atoms with Crippen molar-refractivity contribution in [3.05, 3.63) is 12.2 Å². The van der Waals surface area contributed by atoms with Gasteiger partial charge in [0.15, 0.2) is 0 Å². The highest BCUT2D eigenvalue weighted by molar-refractivity contribution is 5.03. The normalized spacial score (nSPS) is 34.4. The van der Waals surface area contributed by atoms with Crippen LogP contribution in [0.4, 0.5) is 0 Å². The summed E-state index contributed by atoms with van der Waals surface area (Å²) < 4.78 is 0. The molecule has 0 atom stereocenters. The zero-order valence-corrected chi connectivity index (χ0v) is 8.19. The molecule has 1 aliphatic carbocycles. The van der Waals surface area contributed by atoms with Crippen molar-refractivity contribution in [2.45, 2.75) is 32.2 Å². The van der Waals surface area contributed by atoms with E-state index in [1.54, 1.807) is 0 Å². The maximum atomic E-state index is 5.73. The topological polar surface area (TPSA) is 38.0 Å². The molecule has 0 saturated heterocycles. The molecule has 0 unspecified atom stereocenters. The minimum absolute atomic E-state index is 0.234. The second kappa shape index (κ2) is 3.58. The Hall–Kier alpha value is -0.340. The van der Waals surface area contributed by atoms with Gasteiger partial charge in [0.25, 0.3) is 0 Å². The second-order valence-corrected chi connectivity index (χ2v) is 4.31. The van der Waals surface area contributed by atoms with Crippen molar-refractivity contribution < 1.29 is 0 Å². The molecule has 2 heteroatoms. The van der Waals surface area contributed by atoms with Gasteiger partial charge in [-0.3, -0.25) is 0 Å². The molecule has 0 aromatic carbocycles. The molecule has 0 spiro atoms. The third-order valence-corrected chi connectivity index (χ3v) is 2.63. The lowest BCUT2D eigenvalue weighted by atomic mass is 9.69. The smallest absolute Gasteiger partial charge is 0.0312 e. The molecule has 12 heavy (non-hydrogen) atoms. The van der Waals surface area contributed by atoms with Crippen LogP contribution in [-0.4, -0.2) is 18.6 Å². The van der Waals surface area contributed by atoms with Crippen LogP contribution in [0.15, 0.2) is 12.2 Å². The van der Waals surface area contributed by atoms with E-state index in [-0.39, 0.29) is 5.54 Å². The van der Waals surface area contributed by atoms with Crippen molar-refractivity contribution in [3.63, 3.8) is 0 Å². The maximum absolute atomic E-state index is 5.73. The largest absolute Gasteiger partial charge is 0.329 e. The number of hydrogen-bond donors (Lipinski definition) is 2. The minimum Gasteiger partial charge on any atom is -0.329 e. The Kier molecular flexibility index (Phi) is 2.91. The maximum Gasteiger partial charge on any atom is 0.0312 e. The predicted molar refractivity (Wildman–Crippen MR) is 53.0 cm³/mol. The van der Waals surface area contributed by atoms with Crippen LogP contribution < -0.4 is 11.1 Å². The molecule has 70 valence electrons. The first-order valence-electron chi connectivity index (χ1n) is 4.67. The van der Waals surface area contributed by atoms with E-state index < -0.39 is 0 Å². The molecule has 0 aliphatic heterocycles. The van der Waals surface area contributed by atoms with Crippen LogP contribution in [0, 0.1) is 5.92 Å². The fourth-order valence-electron chi connectivity index (χ4n) is 2.00. The van der Waals surface area contributed by atoms with Crippen molar-refractivity contribution in [1.82, 2.24) is 5.32 Å². The van der Waals surface area contributed by atoms with Gasteiger partial charge in [-0.15, -0.1) is 0 Å². The first-order chi connectivity index (χ1) is 5.58. The fourth-order valence-corrected chi connectivity index (χ4v) is 2.00. The van der Waals surface area contributed by atoms with E-state index in [0.29, 0.717) is 0 Å². The van der Waals surface area contributed by atoms with E-state index in [4.69, 9.17) is 5.73 Å². The molecule has 0 aromatic heterocycles. The zero-order chi connectivity index (χ0) is 9.19. The molecule has 1 rings (SSSR count). The summed E-state index contributed by atoms with van der Waals surface area (Å²) in [6, 6.07) is 0. The van der Waals surface area contributed by atoms with Crippen LogP contribution in [0.25, 0.3) is 0 Å². The van der Waals surface area contributed by atoms with Gasteiger partial charge < -0.3 is 11.1 Å². The lowest BCUT2D eigenvalue weighted by Gasteiger charge is -2.46. The van der Waals surface area contributed by atoms with E-state index in [1.165, 1.54) is 18.4 Å². The Bertz CT molecular complexity index is 169. The first-order valence-corrected chi connectivity index (χ1v) is 4.67. The molecule has 0 radical (unpaired) electrons. The average molecular weight is 168 g/mol. The molecule has 0 heterocycles. The Labute approximate surface area is 75.2 Å². The van der Waals surface area contributed by atoms with Gasteiger partial charge in [-0.25, -0.2) is 0 Å². The summed E-state index contributed by atoms with van der Waals surface area (Å²) in [4.78, 5) is 0. The lowest BCUT2D eigenvalue weighted by molar-refractivity contribution is 0.128. The second-order valence-electron chi connectivity index (χ2n) is 4.31. The van der Waals surface area contributed by atoms with Crippen molar-refractivity contribution in [3.8, 4) is 0 Å². The Morgan fingerprint density at radius 2 is 2.25 bits per heavy atom. The Morgan fingerprint density at radius 1 is 1.67 bits per heavy atom. The molecule has 1 fully saturated rings. The summed E-state index contributed by atoms with van der Waals surface area (Å²) in [5.41, 5.74) is 7.14. The fraction of sp³-hybridized carbons (Fsp3) is 0.800. The molecule has 0 amide bonds. The van der Waals surface area contributed by atoms with Gasteiger partial charge in [0, 0.05) is 18.6 Å². The van der Waals surface area contributed by atoms with Crippen LogP contribution in [0.2, 0.25) is 0 Å². The molecule has 0 aromatic rings. The molecule has 2 nitrogen and oxygen atoms in total. The van der Waals surface area contributed by atoms with Crippen molar-refractivity contribution in [2.75, 3.05) is 13.1 Å². The molecular weight excluding hydrogens is 148 g/mol. The molecular formula is C10H20N2. The third-order valence-electron chi connectivity index (χ3n) is 2.63. The highest BCUT2D eigenvalue weighted by Crippen LogP contribution is 2.36. The van der Waals surface area contributed by atoms with Crippen LogP contribution in [-0.2, 0) is 0 Å². The number of nitrogens with two attached hydrogens (primary N) is 1. The van der Waals surface area contributed by atoms with Gasteiger partial charge >= 0.3 is 0 Å². The molecule has 1 saturated carbocycles. The van der Waals surface area contributed by atoms with Crippen LogP contribution in [0.5, 0.6) is 0 Å². The van der Waals surface area contributed by atoms with Crippen LogP contribution in [0.3, 0.4) is 0 Å². The quantitative estimate of drug-likeness (QED) is 0.621. The Morgan fingerprint density at radius 3 is 2.58 bits per heavy atom. The van der Waals surface area contributed by atoms with Crippen LogP contribution >= 0.6 is 0 Å². The summed E-state index contributed by atoms with van der Waals surface area (Å²) in [6.07, 6.45) is 2.44. The summed E-state index contributed by atoms with van der Waals surface area (Å²) in [6.45, 7) is 9.84. The molecule has 0 bridgehead atoms. The number of hydrogen-bond acceptors (Lipinski definition) is 2. The number of nitrogens with one attached hydrogen (secondary N) is 1. The SMILES string of the molecule is C=C(C)CNC1(CN)CC(C)C1. The molecule has 3 N–H and O–H groups in total. The highest BCUT2D eigenvalue weighted by atomic mass is 15.0. The van der Waals surface area contributed by atoms with E-state index in [9.17, 15) is 0 Å². The lowest BCUT2D eigenvalue weighted by Crippen LogP contribution is -2.59. The predicted octanol–water partition coefficient (Wildman–Crippen LogP) is 1.28. The monoisotopic (exact) mass is 168 g/mol. The number of rotatable bonds is 4. The van der Waals surface area contributed by atoms with Gasteiger partial charge in [-0.2, -0.15) is 0 Å². The zero-order valence-electron chi connectivity index (χ0n) is 8.19. The average Bonchev–Trinajstić information content (AvgIpc) is 1.95. The van der Waals surface area contributed by atoms with Crippen LogP contribution in [0.1, 0.15) is 26.7 Å². The van der Waals surface area contributed by atoms with E-state index >= 15 is 0 Å². The van der Waals surface area contributed by atoms with E-state index in [1.807, 2.05) is 6.92 Å². The van der Waals surface area contributed by atoms with Gasteiger partial charge in [0.2, 0.25) is 0 Å². The van der Waals surface area contributed by atoms with Gasteiger partial charge in [0.1, 0.15) is 0 Å². The standard InChI is InChI=1S/C10H20N2/c1-8(2)6-12-10(7-11)4-9(3)5-10/h9,12H,1,4-7,11H2,2-3H3. The van der Waals surface area contributed by atoms with E-state index in [0.717, 1.165) is 19.0 Å². The summed E-state index contributed by atoms with van der Waals surface area (Å²) >= 11 is 0. The Balaban J connectivity index is 2.32. The third kappa shape index (κ3) is 2.08. The summed E-state index contributed by atoms with van der Waals surface area (Å²) in [5.74, 6) is 0.839. The van der Waals surface area contributed by atoms with Gasteiger partial charge in [-0.05, 0) is 25.7 Å². The minimum atomic E-state index is 0.234. The first kappa shape index (κ1) is 9.75. The van der Waals surface area contributed by atoms with Gasteiger partial charge in [0.05, 0.1) is 0 Å². The van der Waals surface area contributed by atoms with Gasteiger partial charge in [-0.1, -0.05) is 19.1 Å². The highest BCUT2D eigenvalue weighted by Gasteiger charge is 2.39. The summed E-state index contributed by atoms with van der Waals surface area (Å²) in [7, 11) is 0. The molecule has 1 aliphatic rings. The van der Waals surface area contributed by atoms with Crippen molar-refractivity contribution in [2.24, 2.45) is 11.7 Å². The summed E-state index contributed by atoms with van der Waals surface area (Å²) in [5, 5.41) is 3.49. The van der Waals surface area contributed by atoms with E-state index in [2.05, 4.69) is 18.8 Å². The van der Waals surface area contributed by atoms with Crippen molar-refractivity contribution in [1.29, 1.82) is 0 Å².